The van der Waals surface area contributed by atoms with Gasteiger partial charge in [-0.3, -0.25) is 0 Å². The molecule has 0 aliphatic heterocycles. The van der Waals surface area contributed by atoms with Crippen LogP contribution >= 0.6 is 23.2 Å². The van der Waals surface area contributed by atoms with Crippen LogP contribution in [0, 0.1) is 23.2 Å². The van der Waals surface area contributed by atoms with E-state index in [9.17, 15) is 0 Å². The summed E-state index contributed by atoms with van der Waals surface area (Å²) in [7, 11) is 0. The first kappa shape index (κ1) is 10.9. The summed E-state index contributed by atoms with van der Waals surface area (Å²) in [6.07, 6.45) is 0.620. The lowest BCUT2D eigenvalue weighted by molar-refractivity contribution is 1.29. The molecule has 0 bridgehead atoms. The second kappa shape index (κ2) is 5.55. The quantitative estimate of drug-likeness (QED) is 0.530. The van der Waals surface area contributed by atoms with Crippen molar-refractivity contribution in [2.45, 2.75) is 6.42 Å². The Bertz CT molecular complexity index is 421. The van der Waals surface area contributed by atoms with Gasteiger partial charge in [0.25, 0.3) is 0 Å². The SMILES string of the molecule is N#Cc1cc(Cl)ccc1C#CCCCl. The molecular formula is C11H7Cl2N. The molecule has 0 heterocycles. The van der Waals surface area contributed by atoms with Crippen LogP contribution in [0.2, 0.25) is 5.02 Å². The van der Waals surface area contributed by atoms with E-state index in [1.54, 1.807) is 18.2 Å². The fourth-order valence-electron chi connectivity index (χ4n) is 0.923. The molecule has 0 saturated carbocycles. The molecule has 1 aromatic carbocycles. The Morgan fingerprint density at radius 2 is 2.07 bits per heavy atom. The van der Waals surface area contributed by atoms with Gasteiger partial charge in [-0.25, -0.2) is 0 Å². The van der Waals surface area contributed by atoms with E-state index in [0.29, 0.717) is 28.5 Å². The Morgan fingerprint density at radius 3 is 2.71 bits per heavy atom. The number of nitrogens with zero attached hydrogens (tertiary/aromatic N) is 1. The van der Waals surface area contributed by atoms with Gasteiger partial charge >= 0.3 is 0 Å². The molecule has 0 N–H and O–H groups in total. The molecule has 1 aromatic rings. The summed E-state index contributed by atoms with van der Waals surface area (Å²) in [5.41, 5.74) is 1.20. The first-order valence-corrected chi connectivity index (χ1v) is 4.93. The largest absolute Gasteiger partial charge is 0.192 e. The zero-order valence-electron chi connectivity index (χ0n) is 7.35. The van der Waals surface area contributed by atoms with Crippen LogP contribution in [0.3, 0.4) is 0 Å². The highest BCUT2D eigenvalue weighted by Crippen LogP contribution is 2.14. The standard InChI is InChI=1S/C11H7Cl2N/c12-6-2-1-3-9-4-5-11(13)7-10(9)8-14/h4-5,7H,2,6H2. The number of nitriles is 1. The van der Waals surface area contributed by atoms with Crippen LogP contribution < -0.4 is 0 Å². The second-order valence-electron chi connectivity index (χ2n) is 2.54. The van der Waals surface area contributed by atoms with E-state index in [4.69, 9.17) is 28.5 Å². The van der Waals surface area contributed by atoms with Crippen molar-refractivity contribution in [1.29, 1.82) is 5.26 Å². The predicted octanol–water partition coefficient (Wildman–Crippen LogP) is 3.19. The Labute approximate surface area is 93.3 Å². The van der Waals surface area contributed by atoms with Gasteiger partial charge in [0.05, 0.1) is 5.56 Å². The van der Waals surface area contributed by atoms with E-state index in [0.717, 1.165) is 0 Å². The molecule has 3 heteroatoms. The van der Waals surface area contributed by atoms with E-state index < -0.39 is 0 Å². The minimum atomic E-state index is 0.500. The summed E-state index contributed by atoms with van der Waals surface area (Å²) >= 11 is 11.2. The lowest BCUT2D eigenvalue weighted by Crippen LogP contribution is -1.83. The molecule has 0 unspecified atom stereocenters. The van der Waals surface area contributed by atoms with Gasteiger partial charge in [0.15, 0.2) is 0 Å². The highest BCUT2D eigenvalue weighted by Gasteiger charge is 1.98. The van der Waals surface area contributed by atoms with Crippen LogP contribution in [0.15, 0.2) is 18.2 Å². The first-order chi connectivity index (χ1) is 6.77. The monoisotopic (exact) mass is 223 g/mol. The molecule has 0 atom stereocenters. The van der Waals surface area contributed by atoms with Crippen LogP contribution in [0.5, 0.6) is 0 Å². The normalized spacial score (nSPS) is 8.64. The Morgan fingerprint density at radius 1 is 1.29 bits per heavy atom. The highest BCUT2D eigenvalue weighted by molar-refractivity contribution is 6.30. The topological polar surface area (TPSA) is 23.8 Å². The summed E-state index contributed by atoms with van der Waals surface area (Å²) in [5.74, 6) is 6.25. The molecule has 1 nitrogen and oxygen atoms in total. The zero-order chi connectivity index (χ0) is 10.4. The number of hydrogen-bond donors (Lipinski definition) is 0. The average molecular weight is 224 g/mol. The molecule has 1 rings (SSSR count). The van der Waals surface area contributed by atoms with Gasteiger partial charge in [-0.1, -0.05) is 23.4 Å². The Balaban J connectivity index is 3.00. The fraction of sp³-hybridized carbons (Fsp3) is 0.182. The molecule has 70 valence electrons. The van der Waals surface area contributed by atoms with Crippen LogP contribution in [0.1, 0.15) is 17.5 Å². The van der Waals surface area contributed by atoms with Crippen molar-refractivity contribution in [2.24, 2.45) is 0 Å². The van der Waals surface area contributed by atoms with Gasteiger partial charge in [-0.2, -0.15) is 5.26 Å². The summed E-state index contributed by atoms with van der Waals surface area (Å²) in [6.45, 7) is 0. The van der Waals surface area contributed by atoms with E-state index in [1.165, 1.54) is 0 Å². The summed E-state index contributed by atoms with van der Waals surface area (Å²) < 4.78 is 0. The van der Waals surface area contributed by atoms with Crippen molar-refractivity contribution in [3.05, 3.63) is 34.3 Å². The minimum Gasteiger partial charge on any atom is -0.192 e. The van der Waals surface area contributed by atoms with E-state index in [2.05, 4.69) is 11.8 Å². The molecule has 0 aliphatic rings. The number of benzene rings is 1. The van der Waals surface area contributed by atoms with Gasteiger partial charge in [-0.15, -0.1) is 11.6 Å². The van der Waals surface area contributed by atoms with Crippen molar-refractivity contribution < 1.29 is 0 Å². The van der Waals surface area contributed by atoms with Crippen LogP contribution in [-0.2, 0) is 0 Å². The second-order valence-corrected chi connectivity index (χ2v) is 3.36. The number of hydrogen-bond acceptors (Lipinski definition) is 1. The van der Waals surface area contributed by atoms with Gasteiger partial charge in [0.2, 0.25) is 0 Å². The lowest BCUT2D eigenvalue weighted by atomic mass is 10.1. The summed E-state index contributed by atoms with van der Waals surface area (Å²) in [4.78, 5) is 0. The summed E-state index contributed by atoms with van der Waals surface area (Å²) in [6, 6.07) is 7.10. The molecule has 0 spiro atoms. The predicted molar refractivity (Wildman–Crippen MR) is 58.4 cm³/mol. The van der Waals surface area contributed by atoms with Crippen LogP contribution in [-0.4, -0.2) is 5.88 Å². The number of halogens is 2. The van der Waals surface area contributed by atoms with E-state index in [1.807, 2.05) is 6.07 Å². The Hall–Kier alpha value is -1.15. The first-order valence-electron chi connectivity index (χ1n) is 4.02. The molecular weight excluding hydrogens is 217 g/mol. The molecule has 0 saturated heterocycles. The van der Waals surface area contributed by atoms with Gasteiger partial charge in [-0.05, 0) is 18.2 Å². The zero-order valence-corrected chi connectivity index (χ0v) is 8.86. The smallest absolute Gasteiger partial charge is 0.100 e. The minimum absolute atomic E-state index is 0.500. The third-order valence-electron chi connectivity index (χ3n) is 1.54. The van der Waals surface area contributed by atoms with E-state index in [-0.39, 0.29) is 0 Å². The third kappa shape index (κ3) is 2.96. The molecule has 0 radical (unpaired) electrons. The van der Waals surface area contributed by atoms with Crippen LogP contribution in [0.4, 0.5) is 0 Å². The van der Waals surface area contributed by atoms with Crippen molar-refractivity contribution in [3.8, 4) is 17.9 Å². The van der Waals surface area contributed by atoms with Gasteiger partial charge in [0, 0.05) is 22.9 Å². The average Bonchev–Trinajstić information content (AvgIpc) is 2.20. The highest BCUT2D eigenvalue weighted by atomic mass is 35.5. The Kier molecular flexibility index (Phi) is 4.33. The molecule has 0 aliphatic carbocycles. The molecule has 0 aromatic heterocycles. The number of rotatable bonds is 1. The van der Waals surface area contributed by atoms with Crippen molar-refractivity contribution in [1.82, 2.24) is 0 Å². The maximum atomic E-state index is 8.80. The lowest BCUT2D eigenvalue weighted by Gasteiger charge is -1.95. The molecule has 0 fully saturated rings. The van der Waals surface area contributed by atoms with Gasteiger partial charge in [0.1, 0.15) is 6.07 Å². The van der Waals surface area contributed by atoms with Crippen LogP contribution in [0.25, 0.3) is 0 Å². The molecule has 14 heavy (non-hydrogen) atoms. The third-order valence-corrected chi connectivity index (χ3v) is 1.97. The fourth-order valence-corrected chi connectivity index (χ4v) is 1.19. The van der Waals surface area contributed by atoms with Crippen molar-refractivity contribution in [2.75, 3.05) is 5.88 Å². The van der Waals surface area contributed by atoms with E-state index >= 15 is 0 Å². The maximum Gasteiger partial charge on any atom is 0.100 e. The summed E-state index contributed by atoms with van der Waals surface area (Å²) in [5, 5.41) is 9.34. The molecule has 0 amide bonds. The van der Waals surface area contributed by atoms with Gasteiger partial charge < -0.3 is 0 Å². The maximum absolute atomic E-state index is 8.80. The van der Waals surface area contributed by atoms with Crippen molar-refractivity contribution >= 4 is 23.2 Å². The van der Waals surface area contributed by atoms with Crippen molar-refractivity contribution in [3.63, 3.8) is 0 Å². The number of alkyl halides is 1.